The number of rotatable bonds is 13. The molecule has 0 saturated heterocycles. The van der Waals surface area contributed by atoms with Gasteiger partial charge in [-0.2, -0.15) is 0 Å². The lowest BCUT2D eigenvalue weighted by atomic mass is 10.0. The number of nitrogens with zero attached hydrogens (tertiary/aromatic N) is 4. The third-order valence-electron chi connectivity index (χ3n) is 10.2. The number of hydrogen-bond donors (Lipinski definition) is 1. The van der Waals surface area contributed by atoms with Gasteiger partial charge >= 0.3 is 0 Å². The molecule has 0 aliphatic carbocycles. The predicted octanol–water partition coefficient (Wildman–Crippen LogP) is 7.59. The number of amides is 4. The molecule has 5 aromatic carbocycles. The molecule has 0 atom stereocenters. The number of carbonyl (C=O) groups excluding carboxylic acids is 4. The van der Waals surface area contributed by atoms with Crippen molar-refractivity contribution >= 4 is 45.4 Å². The normalized spacial score (nSPS) is 13.0. The zero-order chi connectivity index (χ0) is 44.2. The fourth-order valence-electron chi connectivity index (χ4n) is 7.29. The number of phenols is 1. The molecule has 0 unspecified atom stereocenters. The maximum absolute atomic E-state index is 13.6. The molecular formula is C47H36F2N4O10. The van der Waals surface area contributed by atoms with E-state index in [1.807, 2.05) is 30.3 Å². The molecule has 4 amide bonds. The minimum absolute atomic E-state index is 0.0295. The minimum Gasteiger partial charge on any atom is -0.506 e. The number of phenolic OH excluding ortho intramolecular Hbond substituents is 1. The highest BCUT2D eigenvalue weighted by Gasteiger charge is 2.44. The van der Waals surface area contributed by atoms with E-state index in [2.05, 4.69) is 9.97 Å². The Hall–Kier alpha value is -7.82. The number of ether oxygens (including phenoxy) is 5. The second-order valence-electron chi connectivity index (χ2n) is 14.2. The zero-order valence-corrected chi connectivity index (χ0v) is 33.7. The molecule has 0 bridgehead atoms. The van der Waals surface area contributed by atoms with E-state index in [0.29, 0.717) is 22.0 Å². The van der Waals surface area contributed by atoms with E-state index in [1.165, 1.54) is 68.9 Å². The van der Waals surface area contributed by atoms with E-state index in [-0.39, 0.29) is 89.4 Å². The van der Waals surface area contributed by atoms with Crippen molar-refractivity contribution in [3.63, 3.8) is 0 Å². The van der Waals surface area contributed by atoms with Gasteiger partial charge in [0.05, 0.1) is 24.2 Å². The Bertz CT molecular complexity index is 2900. The summed E-state index contributed by atoms with van der Waals surface area (Å²) < 4.78 is 54.0. The SMILES string of the molecule is COCOc1c2c(c(O)c3cccnc13)C(=O)N(Cc1ccc(F)cc1)C2=O.COCOc1c2c(c(OCc3ccccc3)c3cccnc13)C(=O)N(Cc1ccc(F)cc1)C2=O. The highest BCUT2D eigenvalue weighted by atomic mass is 19.1. The number of carbonyl (C=O) groups is 4. The summed E-state index contributed by atoms with van der Waals surface area (Å²) in [6.07, 6.45) is 3.07. The van der Waals surface area contributed by atoms with Crippen LogP contribution in [0.1, 0.15) is 58.1 Å². The first-order chi connectivity index (χ1) is 30.6. The molecule has 16 heteroatoms. The van der Waals surface area contributed by atoms with Crippen LogP contribution < -0.4 is 14.2 Å². The van der Waals surface area contributed by atoms with Gasteiger partial charge in [-0.3, -0.25) is 38.9 Å². The number of halogens is 2. The quantitative estimate of drug-likeness (QED) is 0.0893. The molecule has 4 heterocycles. The topological polar surface area (TPSA) is 167 Å². The molecule has 0 radical (unpaired) electrons. The van der Waals surface area contributed by atoms with Crippen molar-refractivity contribution in [2.45, 2.75) is 19.7 Å². The summed E-state index contributed by atoms with van der Waals surface area (Å²) in [5.74, 6) is -3.01. The first-order valence-corrected chi connectivity index (χ1v) is 19.3. The molecule has 7 aromatic rings. The highest BCUT2D eigenvalue weighted by molar-refractivity contribution is 6.28. The molecule has 14 nitrogen and oxygen atoms in total. The van der Waals surface area contributed by atoms with Crippen molar-refractivity contribution in [3.8, 4) is 23.0 Å². The molecule has 2 aliphatic heterocycles. The van der Waals surface area contributed by atoms with E-state index in [9.17, 15) is 33.1 Å². The maximum atomic E-state index is 13.6. The molecule has 63 heavy (non-hydrogen) atoms. The Morgan fingerprint density at radius 1 is 0.508 bits per heavy atom. The van der Waals surface area contributed by atoms with E-state index in [4.69, 9.17) is 23.7 Å². The molecule has 0 fully saturated rings. The zero-order valence-electron chi connectivity index (χ0n) is 33.7. The van der Waals surface area contributed by atoms with Gasteiger partial charge < -0.3 is 28.8 Å². The fourth-order valence-corrected chi connectivity index (χ4v) is 7.29. The second-order valence-corrected chi connectivity index (χ2v) is 14.2. The van der Waals surface area contributed by atoms with Gasteiger partial charge in [0.25, 0.3) is 23.6 Å². The van der Waals surface area contributed by atoms with Crippen LogP contribution in [0.3, 0.4) is 0 Å². The van der Waals surface area contributed by atoms with Crippen LogP contribution in [0.4, 0.5) is 8.78 Å². The van der Waals surface area contributed by atoms with Crippen molar-refractivity contribution < 1.29 is 56.7 Å². The number of methoxy groups -OCH3 is 2. The fraction of sp³-hybridized carbons (Fsp3) is 0.149. The minimum atomic E-state index is -0.658. The Morgan fingerprint density at radius 2 is 0.952 bits per heavy atom. The summed E-state index contributed by atoms with van der Waals surface area (Å²) in [7, 11) is 2.88. The predicted molar refractivity (Wildman–Crippen MR) is 222 cm³/mol. The van der Waals surface area contributed by atoms with Crippen LogP contribution >= 0.6 is 0 Å². The van der Waals surface area contributed by atoms with E-state index in [1.54, 1.807) is 30.5 Å². The van der Waals surface area contributed by atoms with Gasteiger partial charge in [-0.25, -0.2) is 8.78 Å². The van der Waals surface area contributed by atoms with E-state index < -0.39 is 35.3 Å². The largest absolute Gasteiger partial charge is 0.506 e. The van der Waals surface area contributed by atoms with Crippen LogP contribution in [0.15, 0.2) is 116 Å². The first kappa shape index (κ1) is 41.9. The molecule has 0 spiro atoms. The first-order valence-electron chi connectivity index (χ1n) is 19.3. The number of imide groups is 2. The van der Waals surface area contributed by atoms with Gasteiger partial charge in [0.1, 0.15) is 51.9 Å². The number of benzene rings is 5. The summed E-state index contributed by atoms with van der Waals surface area (Å²) in [4.78, 5) is 63.8. The Morgan fingerprint density at radius 3 is 1.46 bits per heavy atom. The van der Waals surface area contributed by atoms with Crippen LogP contribution in [0.2, 0.25) is 0 Å². The number of pyridine rings is 2. The van der Waals surface area contributed by atoms with Gasteiger partial charge in [-0.1, -0.05) is 54.6 Å². The summed E-state index contributed by atoms with van der Waals surface area (Å²) >= 11 is 0. The summed E-state index contributed by atoms with van der Waals surface area (Å²) in [6.45, 7) is -0.211. The number of aromatic hydroxyl groups is 1. The molecule has 9 rings (SSSR count). The van der Waals surface area contributed by atoms with Gasteiger partial charge in [-0.05, 0) is 65.2 Å². The second kappa shape index (κ2) is 18.0. The monoisotopic (exact) mass is 854 g/mol. The Labute approximate surface area is 357 Å². The lowest BCUT2D eigenvalue weighted by Gasteiger charge is -2.16. The molecular weight excluding hydrogens is 819 g/mol. The average molecular weight is 855 g/mol. The summed E-state index contributed by atoms with van der Waals surface area (Å²) in [6, 6.07) is 27.3. The van der Waals surface area contributed by atoms with Crippen LogP contribution in [0.5, 0.6) is 23.0 Å². The summed E-state index contributed by atoms with van der Waals surface area (Å²) in [5.41, 5.74) is 2.69. The lowest BCUT2D eigenvalue weighted by molar-refractivity contribution is 0.0499. The van der Waals surface area contributed by atoms with Crippen molar-refractivity contribution in [2.75, 3.05) is 27.8 Å². The number of hydrogen-bond acceptors (Lipinski definition) is 12. The molecule has 0 saturated carbocycles. The van der Waals surface area contributed by atoms with Gasteiger partial charge in [-0.15, -0.1) is 0 Å². The molecule has 1 N–H and O–H groups in total. The van der Waals surface area contributed by atoms with Crippen molar-refractivity contribution in [3.05, 3.63) is 166 Å². The standard InChI is InChI=1S/C27H21FN2O5.C20H15FN2O5/c1-33-16-35-25-22-21(26(31)30(27(22)32)14-17-9-11-19(28)12-10-17)24(20-8-5-13-29-23(20)25)34-15-18-6-3-2-4-7-18;1-27-10-28-18-15-14(17(24)13-3-2-8-22-16(13)18)19(25)23(20(15)26)9-11-4-6-12(21)7-5-11/h2-13H,14-16H2,1H3;2-8,24H,9-10H2,1H3. The van der Waals surface area contributed by atoms with Crippen LogP contribution in [-0.2, 0) is 29.2 Å². The molecule has 318 valence electrons. The highest BCUT2D eigenvalue weighted by Crippen LogP contribution is 2.46. The van der Waals surface area contributed by atoms with Gasteiger partial charge in [0.15, 0.2) is 25.1 Å². The van der Waals surface area contributed by atoms with Gasteiger partial charge in [0.2, 0.25) is 0 Å². The Balaban J connectivity index is 0.000000177. The average Bonchev–Trinajstić information content (AvgIpc) is 3.70. The van der Waals surface area contributed by atoms with Gasteiger partial charge in [0, 0.05) is 37.4 Å². The molecule has 2 aliphatic rings. The van der Waals surface area contributed by atoms with Crippen molar-refractivity contribution in [1.82, 2.24) is 19.8 Å². The maximum Gasteiger partial charge on any atom is 0.265 e. The van der Waals surface area contributed by atoms with Crippen LogP contribution in [0, 0.1) is 11.6 Å². The number of aromatic nitrogens is 2. The van der Waals surface area contributed by atoms with Crippen LogP contribution in [-0.4, -0.2) is 76.3 Å². The van der Waals surface area contributed by atoms with E-state index in [0.717, 1.165) is 15.4 Å². The lowest BCUT2D eigenvalue weighted by Crippen LogP contribution is -2.29. The van der Waals surface area contributed by atoms with E-state index >= 15 is 0 Å². The van der Waals surface area contributed by atoms with Crippen LogP contribution in [0.25, 0.3) is 21.8 Å². The third kappa shape index (κ3) is 8.07. The molecule has 2 aromatic heterocycles. The number of fused-ring (bicyclic) bond motifs is 4. The van der Waals surface area contributed by atoms with Crippen molar-refractivity contribution in [1.29, 1.82) is 0 Å². The smallest absolute Gasteiger partial charge is 0.265 e. The van der Waals surface area contributed by atoms with Crippen molar-refractivity contribution in [2.24, 2.45) is 0 Å². The Kier molecular flexibility index (Phi) is 12.0. The third-order valence-corrected chi connectivity index (χ3v) is 10.2. The summed E-state index contributed by atoms with van der Waals surface area (Å²) in [5, 5.41) is 11.5.